The number of ether oxygens (including phenoxy) is 1. The third-order valence-corrected chi connectivity index (χ3v) is 3.63. The summed E-state index contributed by atoms with van der Waals surface area (Å²) in [6.07, 6.45) is 1.60. The molecular weight excluding hydrogens is 345 g/mol. The van der Waals surface area contributed by atoms with Crippen molar-refractivity contribution in [3.8, 4) is 5.88 Å². The predicted octanol–water partition coefficient (Wildman–Crippen LogP) is 3.14. The van der Waals surface area contributed by atoms with E-state index in [0.29, 0.717) is 16.5 Å². The molecule has 0 unspecified atom stereocenters. The van der Waals surface area contributed by atoms with Crippen molar-refractivity contribution in [1.82, 2.24) is 15.0 Å². The van der Waals surface area contributed by atoms with Crippen LogP contribution in [0.25, 0.3) is 0 Å². The molecule has 0 bridgehead atoms. The van der Waals surface area contributed by atoms with Gasteiger partial charge in [0.2, 0.25) is 11.8 Å². The Morgan fingerprint density at radius 2 is 2.20 bits per heavy atom. The van der Waals surface area contributed by atoms with Gasteiger partial charge in [0.05, 0.1) is 0 Å². The van der Waals surface area contributed by atoms with Crippen LogP contribution in [0.15, 0.2) is 41.9 Å². The number of amides is 1. The van der Waals surface area contributed by atoms with Crippen LogP contribution >= 0.6 is 11.3 Å². The van der Waals surface area contributed by atoms with Gasteiger partial charge >= 0.3 is 0 Å². The molecule has 3 aromatic rings. The van der Waals surface area contributed by atoms with Gasteiger partial charge in [0.15, 0.2) is 11.7 Å². The quantitative estimate of drug-likeness (QED) is 0.703. The van der Waals surface area contributed by atoms with E-state index in [4.69, 9.17) is 4.74 Å². The molecule has 2 heterocycles. The predicted molar refractivity (Wildman–Crippen MR) is 92.7 cm³/mol. The molecule has 128 valence electrons. The smallest absolute Gasteiger partial charge is 0.264 e. The summed E-state index contributed by atoms with van der Waals surface area (Å²) in [5, 5.41) is 7.77. The van der Waals surface area contributed by atoms with Crippen molar-refractivity contribution in [2.45, 2.75) is 6.92 Å². The number of carbonyl (C=O) groups excluding carboxylic acids is 1. The summed E-state index contributed by atoms with van der Waals surface area (Å²) in [5.74, 6) is -0.222. The van der Waals surface area contributed by atoms with Crippen LogP contribution in [0.4, 0.5) is 21.2 Å². The van der Waals surface area contributed by atoms with Crippen LogP contribution in [0.2, 0.25) is 0 Å². The Morgan fingerprint density at radius 3 is 2.96 bits per heavy atom. The van der Waals surface area contributed by atoms with Crippen molar-refractivity contribution in [1.29, 1.82) is 0 Å². The Balaban J connectivity index is 1.64. The average Bonchev–Trinajstić information content (AvgIpc) is 3.05. The molecule has 0 radical (unpaired) electrons. The second-order valence-electron chi connectivity index (χ2n) is 4.98. The molecule has 1 amide bonds. The number of aryl methyl sites for hydroxylation is 1. The minimum absolute atomic E-state index is 0.213. The lowest BCUT2D eigenvalue weighted by Crippen LogP contribution is -2.20. The van der Waals surface area contributed by atoms with Gasteiger partial charge in [-0.3, -0.25) is 10.1 Å². The minimum atomic E-state index is -0.368. The van der Waals surface area contributed by atoms with E-state index in [-0.39, 0.29) is 30.2 Å². The topological polar surface area (TPSA) is 89.0 Å². The zero-order valence-electron chi connectivity index (χ0n) is 13.2. The van der Waals surface area contributed by atoms with E-state index in [2.05, 4.69) is 25.6 Å². The molecule has 0 aliphatic heterocycles. The molecule has 0 spiro atoms. The Labute approximate surface area is 146 Å². The molecule has 2 aromatic heterocycles. The Hall–Kier alpha value is -3.07. The van der Waals surface area contributed by atoms with E-state index in [9.17, 15) is 9.18 Å². The minimum Gasteiger partial charge on any atom is -0.467 e. The molecule has 25 heavy (non-hydrogen) atoms. The van der Waals surface area contributed by atoms with Gasteiger partial charge in [-0.05, 0) is 25.1 Å². The van der Waals surface area contributed by atoms with Crippen molar-refractivity contribution in [2.75, 3.05) is 17.2 Å². The number of aromatic nitrogens is 3. The number of carbonyl (C=O) groups is 1. The summed E-state index contributed by atoms with van der Waals surface area (Å²) < 4.78 is 18.6. The number of thiazole rings is 1. The van der Waals surface area contributed by atoms with Gasteiger partial charge < -0.3 is 10.1 Å². The van der Waals surface area contributed by atoms with Crippen LogP contribution in [0.5, 0.6) is 5.88 Å². The highest BCUT2D eigenvalue weighted by atomic mass is 32.1. The van der Waals surface area contributed by atoms with Gasteiger partial charge in [0.25, 0.3) is 5.91 Å². The molecule has 3 rings (SSSR count). The standard InChI is InChI=1S/C16H14FN5O2S/c1-10-7-14(24-9-13(23)21-16-18-5-6-25-16)22-15(19-10)20-12-4-2-3-11(17)8-12/h2-8H,9H2,1H3,(H,18,21,23)(H,19,20,22). The van der Waals surface area contributed by atoms with Gasteiger partial charge in [-0.25, -0.2) is 14.4 Å². The highest BCUT2D eigenvalue weighted by Gasteiger charge is 2.08. The molecule has 0 fully saturated rings. The summed E-state index contributed by atoms with van der Waals surface area (Å²) in [5.41, 5.74) is 1.15. The zero-order chi connectivity index (χ0) is 17.6. The summed E-state index contributed by atoms with van der Waals surface area (Å²) in [6, 6.07) is 7.55. The molecule has 0 atom stereocenters. The van der Waals surface area contributed by atoms with Crippen molar-refractivity contribution in [3.05, 3.63) is 53.4 Å². The first-order chi connectivity index (χ1) is 12.1. The van der Waals surface area contributed by atoms with Gasteiger partial charge in [0.1, 0.15) is 5.82 Å². The fourth-order valence-electron chi connectivity index (χ4n) is 1.94. The number of hydrogen-bond donors (Lipinski definition) is 2. The first kappa shape index (κ1) is 16.8. The first-order valence-corrected chi connectivity index (χ1v) is 8.17. The number of anilines is 3. The number of nitrogens with one attached hydrogen (secondary N) is 2. The van der Waals surface area contributed by atoms with E-state index < -0.39 is 0 Å². The molecule has 7 nitrogen and oxygen atoms in total. The monoisotopic (exact) mass is 359 g/mol. The van der Waals surface area contributed by atoms with Crippen molar-refractivity contribution in [2.24, 2.45) is 0 Å². The van der Waals surface area contributed by atoms with Crippen LogP contribution in [0.3, 0.4) is 0 Å². The fourth-order valence-corrected chi connectivity index (χ4v) is 2.49. The molecule has 2 N–H and O–H groups in total. The van der Waals surface area contributed by atoms with Crippen LogP contribution in [-0.4, -0.2) is 27.5 Å². The highest BCUT2D eigenvalue weighted by Crippen LogP contribution is 2.18. The maximum Gasteiger partial charge on any atom is 0.264 e. The lowest BCUT2D eigenvalue weighted by atomic mass is 10.3. The molecular formula is C16H14FN5O2S. The number of nitrogens with zero attached hydrogens (tertiary/aromatic N) is 3. The summed E-state index contributed by atoms with van der Waals surface area (Å²) in [7, 11) is 0. The molecule has 1 aromatic carbocycles. The average molecular weight is 359 g/mol. The van der Waals surface area contributed by atoms with E-state index in [0.717, 1.165) is 0 Å². The zero-order valence-corrected chi connectivity index (χ0v) is 14.0. The Kier molecular flexibility index (Phi) is 5.14. The normalized spacial score (nSPS) is 10.3. The van der Waals surface area contributed by atoms with Crippen LogP contribution in [0.1, 0.15) is 5.69 Å². The van der Waals surface area contributed by atoms with E-state index in [1.54, 1.807) is 36.7 Å². The maximum absolute atomic E-state index is 13.2. The Morgan fingerprint density at radius 1 is 1.32 bits per heavy atom. The van der Waals surface area contributed by atoms with Crippen LogP contribution < -0.4 is 15.4 Å². The number of hydrogen-bond acceptors (Lipinski definition) is 7. The maximum atomic E-state index is 13.2. The summed E-state index contributed by atoms with van der Waals surface area (Å²) in [6.45, 7) is 1.55. The third kappa shape index (κ3) is 4.95. The van der Waals surface area contributed by atoms with Gasteiger partial charge in [-0.2, -0.15) is 4.98 Å². The third-order valence-electron chi connectivity index (χ3n) is 2.94. The first-order valence-electron chi connectivity index (χ1n) is 7.29. The van der Waals surface area contributed by atoms with Crippen LogP contribution in [0, 0.1) is 12.7 Å². The molecule has 0 saturated carbocycles. The molecule has 0 saturated heterocycles. The molecule has 0 aliphatic carbocycles. The molecule has 0 aliphatic rings. The molecule has 9 heteroatoms. The van der Waals surface area contributed by atoms with Crippen molar-refractivity contribution in [3.63, 3.8) is 0 Å². The van der Waals surface area contributed by atoms with Crippen molar-refractivity contribution >= 4 is 34.0 Å². The van der Waals surface area contributed by atoms with Crippen LogP contribution in [-0.2, 0) is 4.79 Å². The largest absolute Gasteiger partial charge is 0.467 e. The lowest BCUT2D eigenvalue weighted by molar-refractivity contribution is -0.118. The Bertz CT molecular complexity index is 873. The highest BCUT2D eigenvalue weighted by molar-refractivity contribution is 7.13. The van der Waals surface area contributed by atoms with E-state index in [1.807, 2.05) is 0 Å². The number of halogens is 1. The fraction of sp³-hybridized carbons (Fsp3) is 0.125. The number of rotatable bonds is 6. The van der Waals surface area contributed by atoms with Gasteiger partial charge in [-0.15, -0.1) is 11.3 Å². The second-order valence-corrected chi connectivity index (χ2v) is 5.88. The van der Waals surface area contributed by atoms with Gasteiger partial charge in [-0.1, -0.05) is 6.07 Å². The van der Waals surface area contributed by atoms with Crippen molar-refractivity contribution < 1.29 is 13.9 Å². The number of benzene rings is 1. The lowest BCUT2D eigenvalue weighted by Gasteiger charge is -2.09. The van der Waals surface area contributed by atoms with E-state index >= 15 is 0 Å². The second kappa shape index (κ2) is 7.67. The summed E-state index contributed by atoms with van der Waals surface area (Å²) in [4.78, 5) is 24.2. The van der Waals surface area contributed by atoms with E-state index in [1.165, 1.54) is 23.5 Å². The summed E-state index contributed by atoms with van der Waals surface area (Å²) >= 11 is 1.32. The van der Waals surface area contributed by atoms with Gasteiger partial charge in [0, 0.05) is 29.0 Å². The SMILES string of the molecule is Cc1cc(OCC(=O)Nc2nccs2)nc(Nc2cccc(F)c2)n1.